The molecule has 1 heterocycles. The van der Waals surface area contributed by atoms with Crippen LogP contribution in [0.25, 0.3) is 0 Å². The summed E-state index contributed by atoms with van der Waals surface area (Å²) in [5.74, 6) is -0.404. The van der Waals surface area contributed by atoms with Gasteiger partial charge in [-0.3, -0.25) is 4.79 Å². The summed E-state index contributed by atoms with van der Waals surface area (Å²) in [6, 6.07) is 6.15. The van der Waals surface area contributed by atoms with Gasteiger partial charge in [0.25, 0.3) is 5.91 Å². The molecule has 1 aromatic heterocycles. The minimum Gasteiger partial charge on any atom is -0.356 e. The SMILES string of the molecule is CNS(=O)(=O)c1cc(NC(=O)c2cc(Cl)c[nH]2)ccc1C. The molecule has 8 heteroatoms. The largest absolute Gasteiger partial charge is 0.356 e. The summed E-state index contributed by atoms with van der Waals surface area (Å²) in [4.78, 5) is 14.8. The topological polar surface area (TPSA) is 91.1 Å². The number of rotatable bonds is 4. The van der Waals surface area contributed by atoms with Crippen LogP contribution < -0.4 is 10.0 Å². The van der Waals surface area contributed by atoms with E-state index in [4.69, 9.17) is 11.6 Å². The highest BCUT2D eigenvalue weighted by Gasteiger charge is 2.16. The molecule has 1 amide bonds. The second-order valence-electron chi connectivity index (χ2n) is 4.37. The predicted octanol–water partition coefficient (Wildman–Crippen LogP) is 2.14. The van der Waals surface area contributed by atoms with E-state index < -0.39 is 15.9 Å². The number of aromatic nitrogens is 1. The number of hydrogen-bond donors (Lipinski definition) is 3. The van der Waals surface area contributed by atoms with Crippen molar-refractivity contribution in [2.24, 2.45) is 0 Å². The van der Waals surface area contributed by atoms with Crippen LogP contribution in [0.2, 0.25) is 5.02 Å². The minimum absolute atomic E-state index is 0.118. The lowest BCUT2D eigenvalue weighted by atomic mass is 10.2. The molecule has 2 rings (SSSR count). The van der Waals surface area contributed by atoms with E-state index in [2.05, 4.69) is 15.0 Å². The zero-order valence-corrected chi connectivity index (χ0v) is 13.0. The van der Waals surface area contributed by atoms with Crippen LogP contribution >= 0.6 is 11.6 Å². The molecule has 0 atom stereocenters. The van der Waals surface area contributed by atoms with Crippen molar-refractivity contribution in [1.82, 2.24) is 9.71 Å². The lowest BCUT2D eigenvalue weighted by Crippen LogP contribution is -2.20. The molecular formula is C13H14ClN3O3S. The van der Waals surface area contributed by atoms with E-state index in [0.717, 1.165) is 0 Å². The molecule has 0 spiro atoms. The van der Waals surface area contributed by atoms with Gasteiger partial charge in [0, 0.05) is 11.9 Å². The smallest absolute Gasteiger partial charge is 0.272 e. The molecule has 1 aromatic carbocycles. The highest BCUT2D eigenvalue weighted by molar-refractivity contribution is 7.89. The van der Waals surface area contributed by atoms with Crippen LogP contribution in [0.4, 0.5) is 5.69 Å². The number of H-pyrrole nitrogens is 1. The number of anilines is 1. The number of carbonyl (C=O) groups excluding carboxylic acids is 1. The van der Waals surface area contributed by atoms with Crippen LogP contribution in [0, 0.1) is 6.92 Å². The van der Waals surface area contributed by atoms with Crippen molar-refractivity contribution in [3.05, 3.63) is 46.7 Å². The highest BCUT2D eigenvalue weighted by Crippen LogP contribution is 2.20. The van der Waals surface area contributed by atoms with Crippen LogP contribution in [0.3, 0.4) is 0 Å². The highest BCUT2D eigenvalue weighted by atomic mass is 35.5. The normalized spacial score (nSPS) is 11.4. The number of aromatic amines is 1. The van der Waals surface area contributed by atoms with E-state index in [0.29, 0.717) is 22.0 Å². The molecular weight excluding hydrogens is 314 g/mol. The number of sulfonamides is 1. The molecule has 112 valence electrons. The summed E-state index contributed by atoms with van der Waals surface area (Å²) in [5.41, 5.74) is 1.26. The third-order valence-electron chi connectivity index (χ3n) is 2.90. The Bertz CT molecular complexity index is 784. The summed E-state index contributed by atoms with van der Waals surface area (Å²) in [5, 5.41) is 3.03. The fourth-order valence-corrected chi connectivity index (χ4v) is 2.93. The summed E-state index contributed by atoms with van der Waals surface area (Å²) in [6.45, 7) is 1.68. The third-order valence-corrected chi connectivity index (χ3v) is 4.67. The zero-order valence-electron chi connectivity index (χ0n) is 11.4. The average molecular weight is 328 g/mol. The van der Waals surface area contributed by atoms with Gasteiger partial charge < -0.3 is 10.3 Å². The number of halogens is 1. The fraction of sp³-hybridized carbons (Fsp3) is 0.154. The van der Waals surface area contributed by atoms with E-state index >= 15 is 0 Å². The van der Waals surface area contributed by atoms with Gasteiger partial charge in [-0.05, 0) is 37.7 Å². The fourth-order valence-electron chi connectivity index (χ4n) is 1.77. The van der Waals surface area contributed by atoms with Gasteiger partial charge in [0.2, 0.25) is 10.0 Å². The Morgan fingerprint density at radius 2 is 2.00 bits per heavy atom. The maximum absolute atomic E-state index is 12.0. The standard InChI is InChI=1S/C13H14ClN3O3S/c1-8-3-4-10(6-12(8)21(19,20)15-2)17-13(18)11-5-9(14)7-16-11/h3-7,15-16H,1-2H3,(H,17,18). The van der Waals surface area contributed by atoms with Gasteiger partial charge >= 0.3 is 0 Å². The van der Waals surface area contributed by atoms with Crippen LogP contribution in [0.15, 0.2) is 35.4 Å². The van der Waals surface area contributed by atoms with Crippen LogP contribution in [0.1, 0.15) is 16.1 Å². The molecule has 0 saturated heterocycles. The second kappa shape index (κ2) is 5.88. The average Bonchev–Trinajstić information content (AvgIpc) is 2.87. The molecule has 6 nitrogen and oxygen atoms in total. The molecule has 0 saturated carbocycles. The number of nitrogens with one attached hydrogen (secondary N) is 3. The zero-order chi connectivity index (χ0) is 15.6. The Kier molecular flexibility index (Phi) is 4.36. The first-order chi connectivity index (χ1) is 9.83. The van der Waals surface area contributed by atoms with Crippen molar-refractivity contribution in [2.75, 3.05) is 12.4 Å². The number of carbonyl (C=O) groups is 1. The van der Waals surface area contributed by atoms with Gasteiger partial charge in [-0.2, -0.15) is 0 Å². The maximum Gasteiger partial charge on any atom is 0.272 e. The Morgan fingerprint density at radius 3 is 2.57 bits per heavy atom. The van der Waals surface area contributed by atoms with E-state index in [1.54, 1.807) is 19.1 Å². The molecule has 0 radical (unpaired) electrons. The number of aryl methyl sites for hydroxylation is 1. The van der Waals surface area contributed by atoms with Crippen LogP contribution in [-0.4, -0.2) is 26.4 Å². The Morgan fingerprint density at radius 1 is 1.29 bits per heavy atom. The van der Waals surface area contributed by atoms with Crippen LogP contribution in [-0.2, 0) is 10.0 Å². The molecule has 0 aliphatic heterocycles. The van der Waals surface area contributed by atoms with Gasteiger partial charge in [-0.1, -0.05) is 17.7 Å². The van der Waals surface area contributed by atoms with Crippen molar-refractivity contribution in [1.29, 1.82) is 0 Å². The van der Waals surface area contributed by atoms with E-state index in [1.165, 1.54) is 25.4 Å². The van der Waals surface area contributed by atoms with Crippen molar-refractivity contribution in [3.8, 4) is 0 Å². The van der Waals surface area contributed by atoms with Crippen molar-refractivity contribution < 1.29 is 13.2 Å². The van der Waals surface area contributed by atoms with E-state index in [1.807, 2.05) is 0 Å². The van der Waals surface area contributed by atoms with E-state index in [9.17, 15) is 13.2 Å². The first kappa shape index (κ1) is 15.6. The van der Waals surface area contributed by atoms with E-state index in [-0.39, 0.29) is 4.90 Å². The molecule has 2 aromatic rings. The predicted molar refractivity (Wildman–Crippen MR) is 81.2 cm³/mol. The number of hydrogen-bond acceptors (Lipinski definition) is 3. The Balaban J connectivity index is 2.30. The van der Waals surface area contributed by atoms with Gasteiger partial charge in [0.05, 0.1) is 9.92 Å². The lowest BCUT2D eigenvalue weighted by Gasteiger charge is -2.10. The minimum atomic E-state index is -3.58. The summed E-state index contributed by atoms with van der Waals surface area (Å²) < 4.78 is 26.0. The monoisotopic (exact) mass is 327 g/mol. The van der Waals surface area contributed by atoms with Gasteiger partial charge in [0.15, 0.2) is 0 Å². The summed E-state index contributed by atoms with van der Waals surface area (Å²) >= 11 is 5.73. The molecule has 0 aliphatic rings. The first-order valence-electron chi connectivity index (χ1n) is 6.03. The summed E-state index contributed by atoms with van der Waals surface area (Å²) in [7, 11) is -2.24. The molecule has 0 fully saturated rings. The Hall–Kier alpha value is -1.83. The van der Waals surface area contributed by atoms with Crippen LogP contribution in [0.5, 0.6) is 0 Å². The molecule has 0 unspecified atom stereocenters. The second-order valence-corrected chi connectivity index (χ2v) is 6.66. The molecule has 0 bridgehead atoms. The van der Waals surface area contributed by atoms with Gasteiger partial charge in [0.1, 0.15) is 5.69 Å². The molecule has 3 N–H and O–H groups in total. The Labute approximate surface area is 127 Å². The molecule has 21 heavy (non-hydrogen) atoms. The molecule has 0 aliphatic carbocycles. The lowest BCUT2D eigenvalue weighted by molar-refractivity contribution is 0.102. The van der Waals surface area contributed by atoms with Gasteiger partial charge in [-0.25, -0.2) is 13.1 Å². The maximum atomic E-state index is 12.0. The third kappa shape index (κ3) is 3.44. The number of amides is 1. The number of benzene rings is 1. The van der Waals surface area contributed by atoms with Crippen molar-refractivity contribution in [3.63, 3.8) is 0 Å². The quantitative estimate of drug-likeness (QED) is 0.803. The van der Waals surface area contributed by atoms with Gasteiger partial charge in [-0.15, -0.1) is 0 Å². The van der Waals surface area contributed by atoms with Crippen molar-refractivity contribution in [2.45, 2.75) is 11.8 Å². The summed E-state index contributed by atoms with van der Waals surface area (Å²) in [6.07, 6.45) is 1.49. The van der Waals surface area contributed by atoms with Crippen molar-refractivity contribution >= 4 is 33.2 Å². The first-order valence-corrected chi connectivity index (χ1v) is 7.89.